The summed E-state index contributed by atoms with van der Waals surface area (Å²) >= 11 is 0. The smallest absolute Gasteiger partial charge is 0.127 e. The molecular weight excluding hydrogens is 588 g/mol. The third-order valence-electron chi connectivity index (χ3n) is 9.99. The van der Waals surface area contributed by atoms with Crippen LogP contribution in [-0.4, -0.2) is 12.2 Å². The lowest BCUT2D eigenvalue weighted by molar-refractivity contribution is 0.102. The SMILES string of the molecule is COc1ccc(C(C)(O)c2ccc(Oc3ccc(C4(c5ccc(C)cc5)c5ccccc5-c5cc6ccccc6cc54)cc3)cc2)cc1. The third-order valence-corrected chi connectivity index (χ3v) is 9.99. The average Bonchev–Trinajstić information content (AvgIpc) is 3.41. The van der Waals surface area contributed by atoms with E-state index in [0.717, 1.165) is 22.6 Å². The van der Waals surface area contributed by atoms with Crippen molar-refractivity contribution in [1.82, 2.24) is 0 Å². The van der Waals surface area contributed by atoms with Gasteiger partial charge in [-0.1, -0.05) is 115 Å². The molecule has 0 radical (unpaired) electrons. The lowest BCUT2D eigenvalue weighted by Crippen LogP contribution is -2.28. The summed E-state index contributed by atoms with van der Waals surface area (Å²) in [5, 5.41) is 13.9. The molecule has 0 spiro atoms. The van der Waals surface area contributed by atoms with Gasteiger partial charge in [-0.3, -0.25) is 0 Å². The number of hydrogen-bond donors (Lipinski definition) is 1. The summed E-state index contributed by atoms with van der Waals surface area (Å²) in [6.45, 7) is 3.94. The largest absolute Gasteiger partial charge is 0.497 e. The molecular formula is C45H36O3. The number of methoxy groups -OCH3 is 1. The molecule has 0 saturated heterocycles. The Kier molecular flexibility index (Phi) is 7.16. The van der Waals surface area contributed by atoms with E-state index in [1.54, 1.807) is 14.0 Å². The molecule has 0 heterocycles. The molecule has 7 aromatic rings. The number of fused-ring (bicyclic) bond motifs is 4. The number of aliphatic hydroxyl groups is 1. The van der Waals surface area contributed by atoms with Gasteiger partial charge in [-0.15, -0.1) is 0 Å². The van der Waals surface area contributed by atoms with E-state index in [0.29, 0.717) is 5.75 Å². The minimum atomic E-state index is -1.16. The highest BCUT2D eigenvalue weighted by Crippen LogP contribution is 2.57. The van der Waals surface area contributed by atoms with E-state index in [-0.39, 0.29) is 0 Å². The Labute approximate surface area is 281 Å². The van der Waals surface area contributed by atoms with Crippen molar-refractivity contribution >= 4 is 10.8 Å². The van der Waals surface area contributed by atoms with Gasteiger partial charge in [-0.05, 0) is 118 Å². The van der Waals surface area contributed by atoms with E-state index in [4.69, 9.17) is 9.47 Å². The van der Waals surface area contributed by atoms with Crippen molar-refractivity contribution in [2.75, 3.05) is 7.11 Å². The van der Waals surface area contributed by atoms with Crippen LogP contribution in [0.1, 0.15) is 45.9 Å². The molecule has 8 rings (SSSR count). The van der Waals surface area contributed by atoms with Gasteiger partial charge in [-0.2, -0.15) is 0 Å². The van der Waals surface area contributed by atoms with Gasteiger partial charge in [-0.25, -0.2) is 0 Å². The second kappa shape index (κ2) is 11.6. The predicted octanol–water partition coefficient (Wildman–Crippen LogP) is 10.6. The number of rotatable bonds is 7. The fourth-order valence-corrected chi connectivity index (χ4v) is 7.39. The highest BCUT2D eigenvalue weighted by molar-refractivity contribution is 5.95. The maximum Gasteiger partial charge on any atom is 0.127 e. The maximum absolute atomic E-state index is 11.4. The van der Waals surface area contributed by atoms with E-state index < -0.39 is 11.0 Å². The summed E-state index contributed by atoms with van der Waals surface area (Å²) in [5.74, 6) is 2.20. The molecule has 0 aromatic heterocycles. The molecule has 0 amide bonds. The summed E-state index contributed by atoms with van der Waals surface area (Å²) < 4.78 is 11.6. The van der Waals surface area contributed by atoms with Crippen LogP contribution in [0.15, 0.2) is 158 Å². The topological polar surface area (TPSA) is 38.7 Å². The molecule has 0 saturated carbocycles. The zero-order chi connectivity index (χ0) is 32.9. The molecule has 3 nitrogen and oxygen atoms in total. The first kappa shape index (κ1) is 29.7. The molecule has 48 heavy (non-hydrogen) atoms. The minimum absolute atomic E-state index is 0.489. The number of hydrogen-bond acceptors (Lipinski definition) is 3. The van der Waals surface area contributed by atoms with Gasteiger partial charge in [0.25, 0.3) is 0 Å². The third kappa shape index (κ3) is 4.78. The predicted molar refractivity (Wildman–Crippen MR) is 194 cm³/mol. The molecule has 234 valence electrons. The van der Waals surface area contributed by atoms with Crippen molar-refractivity contribution in [1.29, 1.82) is 0 Å². The van der Waals surface area contributed by atoms with Crippen LogP contribution in [-0.2, 0) is 11.0 Å². The standard InChI is InChI=1S/C45H36O3/c1-30-12-14-35(15-13-30)45(42-11-7-6-10-40(42)41-28-31-8-4-5-9-32(31)29-43(41)45)36-20-26-39(27-21-36)48-38-24-18-34(19-25-38)44(2,46)33-16-22-37(47-3)23-17-33/h4-29,46H,1-3H3. The van der Waals surface area contributed by atoms with Crippen LogP contribution < -0.4 is 9.47 Å². The summed E-state index contributed by atoms with van der Waals surface area (Å²) in [5.41, 5.74) is 8.70. The van der Waals surface area contributed by atoms with Crippen LogP contribution in [0, 0.1) is 6.92 Å². The summed E-state index contributed by atoms with van der Waals surface area (Å²) in [4.78, 5) is 0. The van der Waals surface area contributed by atoms with Gasteiger partial charge in [0.15, 0.2) is 0 Å². The van der Waals surface area contributed by atoms with Crippen LogP contribution in [0.3, 0.4) is 0 Å². The van der Waals surface area contributed by atoms with Gasteiger partial charge in [0.1, 0.15) is 22.8 Å². The van der Waals surface area contributed by atoms with Crippen molar-refractivity contribution in [3.8, 4) is 28.4 Å². The van der Waals surface area contributed by atoms with Crippen LogP contribution in [0.2, 0.25) is 0 Å². The molecule has 0 bridgehead atoms. The van der Waals surface area contributed by atoms with Gasteiger partial charge in [0.05, 0.1) is 12.5 Å². The van der Waals surface area contributed by atoms with E-state index >= 15 is 0 Å². The quantitative estimate of drug-likeness (QED) is 0.192. The Morgan fingerprint density at radius 3 is 1.62 bits per heavy atom. The van der Waals surface area contributed by atoms with E-state index in [1.165, 1.54) is 49.7 Å². The first-order valence-electron chi connectivity index (χ1n) is 16.3. The lowest BCUT2D eigenvalue weighted by Gasteiger charge is -2.34. The second-order valence-corrected chi connectivity index (χ2v) is 12.9. The van der Waals surface area contributed by atoms with Crippen LogP contribution in [0.4, 0.5) is 0 Å². The molecule has 2 atom stereocenters. The summed E-state index contributed by atoms with van der Waals surface area (Å²) in [7, 11) is 1.63. The van der Waals surface area contributed by atoms with Gasteiger partial charge in [0, 0.05) is 0 Å². The highest BCUT2D eigenvalue weighted by Gasteiger charge is 2.46. The zero-order valence-electron chi connectivity index (χ0n) is 27.3. The Morgan fingerprint density at radius 1 is 0.521 bits per heavy atom. The minimum Gasteiger partial charge on any atom is -0.497 e. The van der Waals surface area contributed by atoms with Crippen molar-refractivity contribution in [2.45, 2.75) is 24.9 Å². The molecule has 7 aromatic carbocycles. The maximum atomic E-state index is 11.4. The molecule has 3 heteroatoms. The normalized spacial score (nSPS) is 16.2. The fraction of sp³-hybridized carbons (Fsp3) is 0.111. The fourth-order valence-electron chi connectivity index (χ4n) is 7.39. The molecule has 0 fully saturated rings. The van der Waals surface area contributed by atoms with E-state index in [9.17, 15) is 5.11 Å². The van der Waals surface area contributed by atoms with Crippen molar-refractivity contribution in [3.63, 3.8) is 0 Å². The monoisotopic (exact) mass is 624 g/mol. The highest BCUT2D eigenvalue weighted by atomic mass is 16.5. The molecule has 1 aliphatic carbocycles. The number of aryl methyl sites for hydroxylation is 1. The van der Waals surface area contributed by atoms with Crippen molar-refractivity contribution in [2.24, 2.45) is 0 Å². The molecule has 0 aliphatic heterocycles. The molecule has 1 aliphatic rings. The van der Waals surface area contributed by atoms with E-state index in [1.807, 2.05) is 48.5 Å². The second-order valence-electron chi connectivity index (χ2n) is 12.9. The lowest BCUT2D eigenvalue weighted by atomic mass is 9.67. The number of benzene rings is 7. The van der Waals surface area contributed by atoms with Crippen LogP contribution in [0.5, 0.6) is 17.2 Å². The molecule has 1 N–H and O–H groups in total. The summed E-state index contributed by atoms with van der Waals surface area (Å²) in [6.07, 6.45) is 0. The average molecular weight is 625 g/mol. The Morgan fingerprint density at radius 2 is 1.02 bits per heavy atom. The Balaban J connectivity index is 1.17. The first-order chi connectivity index (χ1) is 23.4. The van der Waals surface area contributed by atoms with Crippen molar-refractivity contribution < 1.29 is 14.6 Å². The zero-order valence-corrected chi connectivity index (χ0v) is 27.3. The van der Waals surface area contributed by atoms with Gasteiger partial charge in [0.2, 0.25) is 0 Å². The first-order valence-corrected chi connectivity index (χ1v) is 16.3. The van der Waals surface area contributed by atoms with Crippen LogP contribution >= 0.6 is 0 Å². The van der Waals surface area contributed by atoms with E-state index in [2.05, 4.69) is 116 Å². The Bertz CT molecular complexity index is 2250. The van der Waals surface area contributed by atoms with Crippen LogP contribution in [0.25, 0.3) is 21.9 Å². The number of ether oxygens (including phenoxy) is 2. The Hall–Kier alpha value is -5.64. The molecule has 2 unspecified atom stereocenters. The van der Waals surface area contributed by atoms with Crippen molar-refractivity contribution in [3.05, 3.63) is 197 Å². The van der Waals surface area contributed by atoms with Gasteiger partial charge < -0.3 is 14.6 Å². The summed E-state index contributed by atoms with van der Waals surface area (Å²) in [6, 6.07) is 54.9. The van der Waals surface area contributed by atoms with Gasteiger partial charge >= 0.3 is 0 Å².